The van der Waals surface area contributed by atoms with Crippen LogP contribution in [-0.4, -0.2) is 44.0 Å². The highest BCUT2D eigenvalue weighted by molar-refractivity contribution is 7.92. The number of aromatic nitrogens is 1. The van der Waals surface area contributed by atoms with Crippen molar-refractivity contribution in [1.82, 2.24) is 10.3 Å². The largest absolute Gasteiger partial charge is 0.464 e. The Balaban J connectivity index is 2.55. The molecule has 0 saturated carbocycles. The lowest BCUT2D eigenvalue weighted by atomic mass is 10.2. The van der Waals surface area contributed by atoms with Gasteiger partial charge in [0, 0.05) is 25.0 Å². The predicted octanol–water partition coefficient (Wildman–Crippen LogP) is 0.714. The van der Waals surface area contributed by atoms with E-state index in [-0.39, 0.29) is 0 Å². The molecular formula is C12H20N2O4S. The SMILES string of the molecule is COC(=O)c1ccc(CNCC(C)(C)S(C)(=O)=O)[nH]1. The van der Waals surface area contributed by atoms with E-state index in [1.54, 1.807) is 26.0 Å². The first-order valence-corrected chi connectivity index (χ1v) is 7.73. The highest BCUT2D eigenvalue weighted by atomic mass is 32.2. The normalized spacial score (nSPS) is 12.4. The third-order valence-electron chi connectivity index (χ3n) is 3.02. The quantitative estimate of drug-likeness (QED) is 0.753. The van der Waals surface area contributed by atoms with Gasteiger partial charge in [-0.05, 0) is 26.0 Å². The van der Waals surface area contributed by atoms with Crippen molar-refractivity contribution in [3.8, 4) is 0 Å². The van der Waals surface area contributed by atoms with Gasteiger partial charge in [0.2, 0.25) is 0 Å². The molecule has 0 atom stereocenters. The third kappa shape index (κ3) is 4.07. The van der Waals surface area contributed by atoms with Crippen LogP contribution < -0.4 is 5.32 Å². The summed E-state index contributed by atoms with van der Waals surface area (Å²) in [7, 11) is -1.80. The average molecular weight is 288 g/mol. The third-order valence-corrected chi connectivity index (χ3v) is 5.17. The molecule has 19 heavy (non-hydrogen) atoms. The summed E-state index contributed by atoms with van der Waals surface area (Å²) in [5, 5.41) is 3.06. The van der Waals surface area contributed by atoms with Crippen molar-refractivity contribution in [3.63, 3.8) is 0 Å². The lowest BCUT2D eigenvalue weighted by Gasteiger charge is -2.22. The lowest BCUT2D eigenvalue weighted by molar-refractivity contribution is 0.0594. The van der Waals surface area contributed by atoms with Crippen molar-refractivity contribution < 1.29 is 17.9 Å². The fourth-order valence-electron chi connectivity index (χ4n) is 1.40. The van der Waals surface area contributed by atoms with Crippen molar-refractivity contribution in [2.75, 3.05) is 19.9 Å². The van der Waals surface area contributed by atoms with Crippen LogP contribution in [0.4, 0.5) is 0 Å². The van der Waals surface area contributed by atoms with Gasteiger partial charge in [0.1, 0.15) is 5.69 Å². The van der Waals surface area contributed by atoms with Crippen molar-refractivity contribution in [2.45, 2.75) is 25.1 Å². The molecule has 0 saturated heterocycles. The Morgan fingerprint density at radius 2 is 2.05 bits per heavy atom. The zero-order chi connectivity index (χ0) is 14.7. The summed E-state index contributed by atoms with van der Waals surface area (Å²) in [6.07, 6.45) is 1.22. The summed E-state index contributed by atoms with van der Waals surface area (Å²) in [6, 6.07) is 3.39. The Morgan fingerprint density at radius 1 is 1.42 bits per heavy atom. The summed E-state index contributed by atoms with van der Waals surface area (Å²) in [5.41, 5.74) is 1.17. The van der Waals surface area contributed by atoms with Gasteiger partial charge in [-0.3, -0.25) is 0 Å². The second-order valence-corrected chi connectivity index (χ2v) is 7.67. The maximum atomic E-state index is 11.5. The van der Waals surface area contributed by atoms with Crippen LogP contribution >= 0.6 is 0 Å². The minimum absolute atomic E-state index is 0.332. The number of sulfone groups is 1. The van der Waals surface area contributed by atoms with Crippen molar-refractivity contribution in [2.24, 2.45) is 0 Å². The van der Waals surface area contributed by atoms with Gasteiger partial charge in [-0.15, -0.1) is 0 Å². The van der Waals surface area contributed by atoms with E-state index in [0.717, 1.165) is 5.69 Å². The number of esters is 1. The molecule has 0 fully saturated rings. The van der Waals surface area contributed by atoms with E-state index >= 15 is 0 Å². The van der Waals surface area contributed by atoms with E-state index in [2.05, 4.69) is 15.0 Å². The first kappa shape index (κ1) is 15.7. The highest BCUT2D eigenvalue weighted by Gasteiger charge is 2.29. The van der Waals surface area contributed by atoms with Gasteiger partial charge in [0.25, 0.3) is 0 Å². The standard InChI is InChI=1S/C12H20N2O4S/c1-12(2,19(4,16)17)8-13-7-9-5-6-10(14-9)11(15)18-3/h5-6,13-14H,7-8H2,1-4H3. The molecule has 6 nitrogen and oxygen atoms in total. The average Bonchev–Trinajstić information content (AvgIpc) is 2.75. The van der Waals surface area contributed by atoms with Crippen LogP contribution in [0.5, 0.6) is 0 Å². The highest BCUT2D eigenvalue weighted by Crippen LogP contribution is 2.13. The Labute approximate surface area is 113 Å². The zero-order valence-corrected chi connectivity index (χ0v) is 12.4. The summed E-state index contributed by atoms with van der Waals surface area (Å²) in [4.78, 5) is 14.1. The fraction of sp³-hybridized carbons (Fsp3) is 0.583. The minimum atomic E-state index is -3.12. The summed E-state index contributed by atoms with van der Waals surface area (Å²) >= 11 is 0. The van der Waals surface area contributed by atoms with Crippen molar-refractivity contribution in [1.29, 1.82) is 0 Å². The molecule has 0 unspecified atom stereocenters. The minimum Gasteiger partial charge on any atom is -0.464 e. The second kappa shape index (κ2) is 5.75. The van der Waals surface area contributed by atoms with E-state index in [9.17, 15) is 13.2 Å². The molecule has 0 aliphatic rings. The van der Waals surface area contributed by atoms with Gasteiger partial charge in [0.05, 0.1) is 11.9 Å². The van der Waals surface area contributed by atoms with Gasteiger partial charge in [-0.25, -0.2) is 13.2 Å². The smallest absolute Gasteiger partial charge is 0.354 e. The Hall–Kier alpha value is -1.34. The number of aromatic amines is 1. The molecule has 0 radical (unpaired) electrons. The van der Waals surface area contributed by atoms with Crippen molar-refractivity contribution in [3.05, 3.63) is 23.5 Å². The number of methoxy groups -OCH3 is 1. The van der Waals surface area contributed by atoms with Gasteiger partial charge in [-0.1, -0.05) is 0 Å². The molecule has 7 heteroatoms. The van der Waals surface area contributed by atoms with Crippen molar-refractivity contribution >= 4 is 15.8 Å². The molecule has 0 amide bonds. The summed E-state index contributed by atoms with van der Waals surface area (Å²) in [5.74, 6) is -0.428. The number of carbonyl (C=O) groups excluding carboxylic acids is 1. The van der Waals surface area contributed by atoms with Gasteiger partial charge < -0.3 is 15.0 Å². The topological polar surface area (TPSA) is 88.3 Å². The maximum Gasteiger partial charge on any atom is 0.354 e. The first-order valence-electron chi connectivity index (χ1n) is 5.84. The van der Waals surface area contributed by atoms with E-state index in [1.165, 1.54) is 13.4 Å². The van der Waals surface area contributed by atoms with E-state index in [1.807, 2.05) is 0 Å². The fourth-order valence-corrected chi connectivity index (χ4v) is 1.77. The molecule has 0 spiro atoms. The van der Waals surface area contributed by atoms with Crippen LogP contribution in [0.2, 0.25) is 0 Å². The Morgan fingerprint density at radius 3 is 2.58 bits per heavy atom. The Kier molecular flexibility index (Phi) is 4.75. The predicted molar refractivity (Wildman–Crippen MR) is 72.8 cm³/mol. The zero-order valence-electron chi connectivity index (χ0n) is 11.6. The number of ether oxygens (including phenoxy) is 1. The molecule has 2 N–H and O–H groups in total. The maximum absolute atomic E-state index is 11.5. The number of nitrogens with one attached hydrogen (secondary N) is 2. The van der Waals surface area contributed by atoms with E-state index in [4.69, 9.17) is 0 Å². The number of H-pyrrole nitrogens is 1. The van der Waals surface area contributed by atoms with Crippen LogP contribution in [0, 0.1) is 0 Å². The number of hydrogen-bond acceptors (Lipinski definition) is 5. The summed E-state index contributed by atoms with van der Waals surface area (Å²) in [6.45, 7) is 4.13. The molecule has 1 heterocycles. The Bertz CT molecular complexity index is 546. The summed E-state index contributed by atoms with van der Waals surface area (Å²) < 4.78 is 26.8. The molecule has 1 rings (SSSR count). The molecule has 0 aliphatic carbocycles. The monoisotopic (exact) mass is 288 g/mol. The van der Waals surface area contributed by atoms with Crippen LogP contribution in [0.15, 0.2) is 12.1 Å². The molecule has 108 valence electrons. The molecule has 0 bridgehead atoms. The number of hydrogen-bond donors (Lipinski definition) is 2. The van der Waals surface area contributed by atoms with Crippen LogP contribution in [0.3, 0.4) is 0 Å². The second-order valence-electron chi connectivity index (χ2n) is 5.02. The van der Waals surface area contributed by atoms with Gasteiger partial charge in [-0.2, -0.15) is 0 Å². The molecule has 0 aliphatic heterocycles. The number of carbonyl (C=O) groups is 1. The first-order chi connectivity index (χ1) is 8.67. The van der Waals surface area contributed by atoms with Crippen LogP contribution in [0.1, 0.15) is 30.0 Å². The lowest BCUT2D eigenvalue weighted by Crippen LogP contribution is -2.41. The number of rotatable bonds is 6. The molecule has 1 aromatic rings. The molecule has 0 aromatic carbocycles. The van der Waals surface area contributed by atoms with Gasteiger partial charge >= 0.3 is 5.97 Å². The van der Waals surface area contributed by atoms with E-state index < -0.39 is 20.6 Å². The van der Waals surface area contributed by atoms with Crippen LogP contribution in [0.25, 0.3) is 0 Å². The molecule has 1 aromatic heterocycles. The van der Waals surface area contributed by atoms with Gasteiger partial charge in [0.15, 0.2) is 9.84 Å². The van der Waals surface area contributed by atoms with E-state index in [0.29, 0.717) is 18.8 Å². The van der Waals surface area contributed by atoms with Crippen LogP contribution in [-0.2, 0) is 21.1 Å². The molecular weight excluding hydrogens is 268 g/mol.